The van der Waals surface area contributed by atoms with Gasteiger partial charge < -0.3 is 15.0 Å². The highest BCUT2D eigenvalue weighted by Crippen LogP contribution is 2.12. The lowest BCUT2D eigenvalue weighted by Gasteiger charge is -2.10. The molecule has 0 fully saturated rings. The van der Waals surface area contributed by atoms with Gasteiger partial charge in [-0.1, -0.05) is 6.07 Å². The number of ether oxygens (including phenoxy) is 1. The first-order valence-electron chi connectivity index (χ1n) is 6.29. The van der Waals surface area contributed by atoms with Crippen molar-refractivity contribution in [1.29, 1.82) is 0 Å². The molecule has 4 heteroatoms. The number of benzene rings is 1. The molecule has 0 radical (unpaired) electrons. The van der Waals surface area contributed by atoms with Gasteiger partial charge in [-0.05, 0) is 52.2 Å². The molecule has 0 aliphatic rings. The fourth-order valence-corrected chi connectivity index (χ4v) is 1.59. The zero-order valence-corrected chi connectivity index (χ0v) is 11.4. The van der Waals surface area contributed by atoms with E-state index in [4.69, 9.17) is 4.74 Å². The molecule has 1 aromatic rings. The number of nitrogens with one attached hydrogen (secondary N) is 1. The third kappa shape index (κ3) is 5.19. The van der Waals surface area contributed by atoms with E-state index in [1.807, 2.05) is 33.2 Å². The van der Waals surface area contributed by atoms with Gasteiger partial charge in [-0.3, -0.25) is 4.79 Å². The first-order chi connectivity index (χ1) is 8.63. The normalized spacial score (nSPS) is 10.4. The molecule has 1 aromatic carbocycles. The molecule has 0 heterocycles. The highest BCUT2D eigenvalue weighted by Gasteiger charge is 2.05. The molecule has 1 N–H and O–H groups in total. The predicted octanol–water partition coefficient (Wildman–Crippen LogP) is 1.77. The van der Waals surface area contributed by atoms with Crippen molar-refractivity contribution in [3.8, 4) is 5.75 Å². The molecule has 0 saturated carbocycles. The fourth-order valence-electron chi connectivity index (χ4n) is 1.59. The number of amides is 1. The molecule has 0 unspecified atom stereocenters. The second-order valence-corrected chi connectivity index (χ2v) is 4.37. The Kier molecular flexibility index (Phi) is 6.22. The van der Waals surface area contributed by atoms with E-state index in [9.17, 15) is 4.79 Å². The van der Waals surface area contributed by atoms with Crippen LogP contribution in [-0.2, 0) is 0 Å². The van der Waals surface area contributed by atoms with Crippen molar-refractivity contribution < 1.29 is 9.53 Å². The summed E-state index contributed by atoms with van der Waals surface area (Å²) >= 11 is 0. The molecule has 4 nitrogen and oxygen atoms in total. The highest BCUT2D eigenvalue weighted by atomic mass is 16.5. The SMILES string of the molecule is CCOc1cccc(C(=O)NCCCN(C)C)c1. The Hall–Kier alpha value is -1.55. The van der Waals surface area contributed by atoms with Crippen LogP contribution >= 0.6 is 0 Å². The molecule has 0 aliphatic heterocycles. The maximum Gasteiger partial charge on any atom is 0.251 e. The van der Waals surface area contributed by atoms with Crippen LogP contribution in [0, 0.1) is 0 Å². The quantitative estimate of drug-likeness (QED) is 0.750. The van der Waals surface area contributed by atoms with Crippen LogP contribution in [0.2, 0.25) is 0 Å². The van der Waals surface area contributed by atoms with Crippen molar-refractivity contribution in [2.45, 2.75) is 13.3 Å². The van der Waals surface area contributed by atoms with Gasteiger partial charge in [0.2, 0.25) is 0 Å². The predicted molar refractivity (Wildman–Crippen MR) is 73.1 cm³/mol. The van der Waals surface area contributed by atoms with Crippen LogP contribution in [0.4, 0.5) is 0 Å². The third-order valence-corrected chi connectivity index (χ3v) is 2.47. The summed E-state index contributed by atoms with van der Waals surface area (Å²) in [4.78, 5) is 14.0. The fraction of sp³-hybridized carbons (Fsp3) is 0.500. The molecule has 0 aromatic heterocycles. The van der Waals surface area contributed by atoms with Gasteiger partial charge in [0.1, 0.15) is 5.75 Å². The van der Waals surface area contributed by atoms with Crippen molar-refractivity contribution in [3.63, 3.8) is 0 Å². The van der Waals surface area contributed by atoms with Gasteiger partial charge in [-0.15, -0.1) is 0 Å². The summed E-state index contributed by atoms with van der Waals surface area (Å²) in [6, 6.07) is 7.25. The van der Waals surface area contributed by atoms with Crippen LogP contribution in [0.1, 0.15) is 23.7 Å². The molecule has 18 heavy (non-hydrogen) atoms. The highest BCUT2D eigenvalue weighted by molar-refractivity contribution is 5.94. The monoisotopic (exact) mass is 250 g/mol. The van der Waals surface area contributed by atoms with E-state index in [-0.39, 0.29) is 5.91 Å². The second kappa shape index (κ2) is 7.71. The van der Waals surface area contributed by atoms with E-state index in [0.29, 0.717) is 18.7 Å². The minimum absolute atomic E-state index is 0.0460. The van der Waals surface area contributed by atoms with Gasteiger partial charge in [-0.25, -0.2) is 0 Å². The van der Waals surface area contributed by atoms with E-state index in [0.717, 1.165) is 18.7 Å². The Balaban J connectivity index is 2.43. The lowest BCUT2D eigenvalue weighted by Crippen LogP contribution is -2.27. The van der Waals surface area contributed by atoms with Gasteiger partial charge in [0.25, 0.3) is 5.91 Å². The number of hydrogen-bond acceptors (Lipinski definition) is 3. The molecule has 100 valence electrons. The van der Waals surface area contributed by atoms with Gasteiger partial charge in [-0.2, -0.15) is 0 Å². The third-order valence-electron chi connectivity index (χ3n) is 2.47. The standard InChI is InChI=1S/C14H22N2O2/c1-4-18-13-8-5-7-12(11-13)14(17)15-9-6-10-16(2)3/h5,7-8,11H,4,6,9-10H2,1-3H3,(H,15,17). The van der Waals surface area contributed by atoms with Gasteiger partial charge >= 0.3 is 0 Å². The van der Waals surface area contributed by atoms with Crippen molar-refractivity contribution in [2.75, 3.05) is 33.8 Å². The van der Waals surface area contributed by atoms with Gasteiger partial charge in [0.15, 0.2) is 0 Å². The summed E-state index contributed by atoms with van der Waals surface area (Å²) in [5.74, 6) is 0.689. The van der Waals surface area contributed by atoms with E-state index in [2.05, 4.69) is 10.2 Å². The Bertz CT molecular complexity index is 378. The summed E-state index contributed by atoms with van der Waals surface area (Å²) in [5.41, 5.74) is 0.644. The molecule has 0 spiro atoms. The topological polar surface area (TPSA) is 41.6 Å². The molecule has 0 aliphatic carbocycles. The van der Waals surface area contributed by atoms with Crippen molar-refractivity contribution in [1.82, 2.24) is 10.2 Å². The lowest BCUT2D eigenvalue weighted by atomic mass is 10.2. The molecular weight excluding hydrogens is 228 g/mol. The zero-order chi connectivity index (χ0) is 13.4. The molecule has 0 saturated heterocycles. The van der Waals surface area contributed by atoms with Crippen LogP contribution in [0.5, 0.6) is 5.75 Å². The minimum Gasteiger partial charge on any atom is -0.494 e. The van der Waals surface area contributed by atoms with Crippen LogP contribution < -0.4 is 10.1 Å². The van der Waals surface area contributed by atoms with Gasteiger partial charge in [0, 0.05) is 12.1 Å². The Labute approximate surface area is 109 Å². The lowest BCUT2D eigenvalue weighted by molar-refractivity contribution is 0.0952. The maximum absolute atomic E-state index is 11.9. The Morgan fingerprint density at radius 2 is 2.17 bits per heavy atom. The number of carbonyl (C=O) groups is 1. The first-order valence-corrected chi connectivity index (χ1v) is 6.29. The average molecular weight is 250 g/mol. The van der Waals surface area contributed by atoms with E-state index < -0.39 is 0 Å². The van der Waals surface area contributed by atoms with Gasteiger partial charge in [0.05, 0.1) is 6.61 Å². The average Bonchev–Trinajstić information content (AvgIpc) is 2.35. The molecule has 0 atom stereocenters. The number of hydrogen-bond donors (Lipinski definition) is 1. The summed E-state index contributed by atoms with van der Waals surface area (Å²) in [5, 5.41) is 2.90. The molecule has 1 amide bonds. The Morgan fingerprint density at radius 3 is 2.83 bits per heavy atom. The van der Waals surface area contributed by atoms with Crippen LogP contribution in [0.25, 0.3) is 0 Å². The largest absolute Gasteiger partial charge is 0.494 e. The van der Waals surface area contributed by atoms with E-state index in [1.165, 1.54) is 0 Å². The van der Waals surface area contributed by atoms with Crippen molar-refractivity contribution in [2.24, 2.45) is 0 Å². The first kappa shape index (κ1) is 14.5. The van der Waals surface area contributed by atoms with Crippen LogP contribution in [0.15, 0.2) is 24.3 Å². The van der Waals surface area contributed by atoms with Crippen LogP contribution in [-0.4, -0.2) is 44.6 Å². The van der Waals surface area contributed by atoms with E-state index >= 15 is 0 Å². The summed E-state index contributed by atoms with van der Waals surface area (Å²) < 4.78 is 5.37. The summed E-state index contributed by atoms with van der Waals surface area (Å²) in [7, 11) is 4.04. The number of carbonyl (C=O) groups excluding carboxylic acids is 1. The zero-order valence-electron chi connectivity index (χ0n) is 11.4. The minimum atomic E-state index is -0.0460. The Morgan fingerprint density at radius 1 is 1.39 bits per heavy atom. The summed E-state index contributed by atoms with van der Waals surface area (Å²) in [6.07, 6.45) is 0.948. The van der Waals surface area contributed by atoms with E-state index in [1.54, 1.807) is 12.1 Å². The molecule has 1 rings (SSSR count). The number of nitrogens with zero attached hydrogens (tertiary/aromatic N) is 1. The smallest absolute Gasteiger partial charge is 0.251 e. The molecular formula is C14H22N2O2. The van der Waals surface area contributed by atoms with Crippen molar-refractivity contribution >= 4 is 5.91 Å². The maximum atomic E-state index is 11.9. The van der Waals surface area contributed by atoms with Crippen LogP contribution in [0.3, 0.4) is 0 Å². The van der Waals surface area contributed by atoms with Crippen molar-refractivity contribution in [3.05, 3.63) is 29.8 Å². The number of rotatable bonds is 7. The second-order valence-electron chi connectivity index (χ2n) is 4.37. The molecule has 0 bridgehead atoms. The summed E-state index contributed by atoms with van der Waals surface area (Å²) in [6.45, 7) is 4.19.